The lowest BCUT2D eigenvalue weighted by Crippen LogP contribution is -2.34. The van der Waals surface area contributed by atoms with E-state index in [4.69, 9.17) is 0 Å². The van der Waals surface area contributed by atoms with E-state index in [-0.39, 0.29) is 13.1 Å². The number of sulfonamides is 1. The largest absolute Gasteiger partial charge is 0.390 e. The number of hydrogen-bond donors (Lipinski definition) is 2. The molecular weight excluding hydrogens is 293 g/mol. The Morgan fingerprint density at radius 3 is 2.25 bits per heavy atom. The first-order valence-corrected chi connectivity index (χ1v) is 7.86. The SMILES string of the molecule is CS(=O)(=O)NCCNC(CC(F)(F)F)c1ccccc1. The molecular formula is C12H17F3N2O2S. The van der Waals surface area contributed by atoms with Gasteiger partial charge in [-0.3, -0.25) is 0 Å². The molecule has 1 aromatic rings. The molecule has 1 rings (SSSR count). The fourth-order valence-corrected chi connectivity index (χ4v) is 2.18. The Hall–Kier alpha value is -1.12. The summed E-state index contributed by atoms with van der Waals surface area (Å²) in [5.74, 6) is 0. The second kappa shape index (κ2) is 7.05. The van der Waals surface area contributed by atoms with Crippen LogP contribution < -0.4 is 10.0 Å². The molecule has 4 nitrogen and oxygen atoms in total. The van der Waals surface area contributed by atoms with Gasteiger partial charge in [0.15, 0.2) is 0 Å². The van der Waals surface area contributed by atoms with Crippen LogP contribution in [0.4, 0.5) is 13.2 Å². The number of halogens is 3. The van der Waals surface area contributed by atoms with E-state index < -0.39 is 28.7 Å². The Morgan fingerprint density at radius 2 is 1.75 bits per heavy atom. The van der Waals surface area contributed by atoms with Crippen LogP contribution in [-0.2, 0) is 10.0 Å². The number of rotatable bonds is 7. The topological polar surface area (TPSA) is 58.2 Å². The predicted octanol–water partition coefficient (Wildman–Crippen LogP) is 1.82. The number of alkyl halides is 3. The molecule has 0 radical (unpaired) electrons. The molecule has 1 atom stereocenters. The molecule has 20 heavy (non-hydrogen) atoms. The average molecular weight is 310 g/mol. The van der Waals surface area contributed by atoms with Crippen LogP contribution in [0.3, 0.4) is 0 Å². The van der Waals surface area contributed by atoms with Crippen molar-refractivity contribution in [1.82, 2.24) is 10.0 Å². The molecule has 0 aliphatic carbocycles. The van der Waals surface area contributed by atoms with Crippen molar-refractivity contribution in [2.45, 2.75) is 18.6 Å². The van der Waals surface area contributed by atoms with Crippen molar-refractivity contribution < 1.29 is 21.6 Å². The van der Waals surface area contributed by atoms with Crippen molar-refractivity contribution >= 4 is 10.0 Å². The van der Waals surface area contributed by atoms with E-state index in [1.807, 2.05) is 0 Å². The normalized spacial score (nSPS) is 14.2. The van der Waals surface area contributed by atoms with Crippen LogP contribution in [0.25, 0.3) is 0 Å². The first-order chi connectivity index (χ1) is 9.17. The first-order valence-electron chi connectivity index (χ1n) is 5.97. The summed E-state index contributed by atoms with van der Waals surface area (Å²) in [6.45, 7) is 0.155. The fourth-order valence-electron chi connectivity index (χ4n) is 1.71. The summed E-state index contributed by atoms with van der Waals surface area (Å²) in [7, 11) is -3.33. The molecule has 0 aliphatic heterocycles. The van der Waals surface area contributed by atoms with Crippen molar-refractivity contribution in [2.24, 2.45) is 0 Å². The van der Waals surface area contributed by atoms with Crippen LogP contribution in [0.15, 0.2) is 30.3 Å². The Labute approximate surface area is 116 Å². The van der Waals surface area contributed by atoms with Crippen LogP contribution in [0.5, 0.6) is 0 Å². The Bertz CT molecular complexity index is 503. The van der Waals surface area contributed by atoms with Gasteiger partial charge in [0.25, 0.3) is 0 Å². The highest BCUT2D eigenvalue weighted by atomic mass is 32.2. The molecule has 114 valence electrons. The molecule has 8 heteroatoms. The molecule has 0 aliphatic rings. The summed E-state index contributed by atoms with van der Waals surface area (Å²) in [5.41, 5.74) is 0.518. The molecule has 0 heterocycles. The Morgan fingerprint density at radius 1 is 1.15 bits per heavy atom. The molecule has 0 saturated carbocycles. The van der Waals surface area contributed by atoms with Crippen molar-refractivity contribution in [1.29, 1.82) is 0 Å². The third-order valence-electron chi connectivity index (χ3n) is 2.52. The predicted molar refractivity (Wildman–Crippen MR) is 70.7 cm³/mol. The quantitative estimate of drug-likeness (QED) is 0.755. The van der Waals surface area contributed by atoms with Gasteiger partial charge in [0.1, 0.15) is 0 Å². The lowest BCUT2D eigenvalue weighted by atomic mass is 10.0. The van der Waals surface area contributed by atoms with Crippen molar-refractivity contribution in [3.8, 4) is 0 Å². The van der Waals surface area contributed by atoms with E-state index in [1.54, 1.807) is 30.3 Å². The van der Waals surface area contributed by atoms with Gasteiger partial charge in [0, 0.05) is 19.1 Å². The van der Waals surface area contributed by atoms with Gasteiger partial charge in [-0.1, -0.05) is 30.3 Å². The van der Waals surface area contributed by atoms with Crippen molar-refractivity contribution in [2.75, 3.05) is 19.3 Å². The molecule has 0 bridgehead atoms. The molecule has 2 N–H and O–H groups in total. The lowest BCUT2D eigenvalue weighted by molar-refractivity contribution is -0.140. The molecule has 1 unspecified atom stereocenters. The highest BCUT2D eigenvalue weighted by Crippen LogP contribution is 2.29. The highest BCUT2D eigenvalue weighted by molar-refractivity contribution is 7.88. The summed E-state index contributed by atoms with van der Waals surface area (Å²) in [6.07, 6.45) is -4.30. The van der Waals surface area contributed by atoms with Crippen LogP contribution in [0.2, 0.25) is 0 Å². The van der Waals surface area contributed by atoms with Gasteiger partial charge in [0.05, 0.1) is 12.7 Å². The smallest absolute Gasteiger partial charge is 0.308 e. The van der Waals surface area contributed by atoms with Gasteiger partial charge < -0.3 is 5.32 Å². The standard InChI is InChI=1S/C12H17F3N2O2S/c1-20(18,19)17-8-7-16-11(9-12(13,14)15)10-5-3-2-4-6-10/h2-6,11,16-17H,7-9H2,1H3. The molecule has 0 spiro atoms. The minimum Gasteiger partial charge on any atom is -0.308 e. The van der Waals surface area contributed by atoms with Crippen LogP contribution >= 0.6 is 0 Å². The first kappa shape index (κ1) is 16.9. The van der Waals surface area contributed by atoms with E-state index in [0.29, 0.717) is 5.56 Å². The maximum absolute atomic E-state index is 12.5. The summed E-state index contributed by atoms with van der Waals surface area (Å²) >= 11 is 0. The van der Waals surface area contributed by atoms with Gasteiger partial charge in [-0.25, -0.2) is 13.1 Å². The maximum Gasteiger partial charge on any atom is 0.390 e. The van der Waals surface area contributed by atoms with Crippen LogP contribution in [0, 0.1) is 0 Å². The van der Waals surface area contributed by atoms with E-state index in [9.17, 15) is 21.6 Å². The molecule has 1 aromatic carbocycles. The van der Waals surface area contributed by atoms with Gasteiger partial charge in [-0.05, 0) is 5.56 Å². The Kier molecular flexibility index (Phi) is 5.97. The van der Waals surface area contributed by atoms with E-state index in [2.05, 4.69) is 10.0 Å². The van der Waals surface area contributed by atoms with Gasteiger partial charge in [0.2, 0.25) is 10.0 Å². The zero-order valence-corrected chi connectivity index (χ0v) is 11.8. The van der Waals surface area contributed by atoms with Crippen LogP contribution in [-0.4, -0.2) is 33.9 Å². The highest BCUT2D eigenvalue weighted by Gasteiger charge is 2.32. The van der Waals surface area contributed by atoms with Gasteiger partial charge >= 0.3 is 6.18 Å². The van der Waals surface area contributed by atoms with Crippen molar-refractivity contribution in [3.05, 3.63) is 35.9 Å². The van der Waals surface area contributed by atoms with E-state index in [1.165, 1.54) is 0 Å². The second-order valence-electron chi connectivity index (χ2n) is 4.40. The molecule has 0 amide bonds. The summed E-state index contributed by atoms with van der Waals surface area (Å²) in [4.78, 5) is 0. The zero-order chi connectivity index (χ0) is 15.2. The minimum absolute atomic E-state index is 0.0417. The second-order valence-corrected chi connectivity index (χ2v) is 6.24. The maximum atomic E-state index is 12.5. The molecule has 0 fully saturated rings. The van der Waals surface area contributed by atoms with Crippen molar-refractivity contribution in [3.63, 3.8) is 0 Å². The number of benzene rings is 1. The summed E-state index contributed by atoms with van der Waals surface area (Å²) in [5, 5.41) is 2.72. The third kappa shape index (κ3) is 7.46. The van der Waals surface area contributed by atoms with E-state index in [0.717, 1.165) is 6.26 Å². The monoisotopic (exact) mass is 310 g/mol. The summed E-state index contributed by atoms with van der Waals surface area (Å²) in [6, 6.07) is 7.36. The average Bonchev–Trinajstić information content (AvgIpc) is 2.31. The minimum atomic E-state index is -4.29. The van der Waals surface area contributed by atoms with Gasteiger partial charge in [-0.2, -0.15) is 13.2 Å². The van der Waals surface area contributed by atoms with Crippen LogP contribution in [0.1, 0.15) is 18.0 Å². The zero-order valence-electron chi connectivity index (χ0n) is 10.9. The fraction of sp³-hybridized carbons (Fsp3) is 0.500. The number of hydrogen-bond acceptors (Lipinski definition) is 3. The molecule has 0 aromatic heterocycles. The van der Waals surface area contributed by atoms with E-state index >= 15 is 0 Å². The Balaban J connectivity index is 2.60. The molecule has 0 saturated heterocycles. The van der Waals surface area contributed by atoms with Gasteiger partial charge in [-0.15, -0.1) is 0 Å². The third-order valence-corrected chi connectivity index (χ3v) is 3.25. The lowest BCUT2D eigenvalue weighted by Gasteiger charge is -2.20. The number of nitrogens with one attached hydrogen (secondary N) is 2. The summed E-state index contributed by atoms with van der Waals surface area (Å²) < 4.78 is 61.5.